The van der Waals surface area contributed by atoms with Crippen molar-refractivity contribution in [3.63, 3.8) is 0 Å². The Morgan fingerprint density at radius 3 is 2.46 bits per heavy atom. The van der Waals surface area contributed by atoms with Gasteiger partial charge in [-0.1, -0.05) is 55.5 Å². The molecule has 0 aliphatic heterocycles. The number of hydrogen-bond donors (Lipinski definition) is 1. The van der Waals surface area contributed by atoms with Crippen molar-refractivity contribution in [2.75, 3.05) is 0 Å². The highest BCUT2D eigenvalue weighted by molar-refractivity contribution is 6.99. The van der Waals surface area contributed by atoms with E-state index in [1.165, 1.54) is 0 Å². The number of halogens is 1. The van der Waals surface area contributed by atoms with Crippen LogP contribution >= 0.6 is 24.1 Å². The summed E-state index contributed by atoms with van der Waals surface area (Å²) in [7, 11) is 0. The van der Waals surface area contributed by atoms with Gasteiger partial charge in [-0.3, -0.25) is 4.98 Å². The predicted molar refractivity (Wildman–Crippen MR) is 150 cm³/mol. The number of pyridine rings is 2. The lowest BCUT2D eigenvalue weighted by atomic mass is 9.98. The molecule has 0 fully saturated rings. The summed E-state index contributed by atoms with van der Waals surface area (Å²) in [6.45, 7) is 2.75. The van der Waals surface area contributed by atoms with E-state index in [9.17, 15) is 0 Å². The van der Waals surface area contributed by atoms with Crippen LogP contribution in [-0.4, -0.2) is 39.3 Å². The second kappa shape index (κ2) is 11.9. The van der Waals surface area contributed by atoms with Crippen molar-refractivity contribution < 1.29 is 9.47 Å². The quantitative estimate of drug-likeness (QED) is 0.246. The predicted octanol–water partition coefficient (Wildman–Crippen LogP) is 5.47. The number of rotatable bonds is 9. The van der Waals surface area contributed by atoms with Gasteiger partial charge in [-0.25, -0.2) is 4.98 Å². The first kappa shape index (κ1) is 26.1. The third-order valence-electron chi connectivity index (χ3n) is 5.95. The smallest absolute Gasteiger partial charge is 0.214 e. The van der Waals surface area contributed by atoms with Gasteiger partial charge in [0.05, 0.1) is 23.4 Å². The zero-order valence-electron chi connectivity index (χ0n) is 20.8. The summed E-state index contributed by atoms with van der Waals surface area (Å²) in [5.74, 6) is 1.70. The van der Waals surface area contributed by atoms with E-state index in [4.69, 9.17) is 14.5 Å². The van der Waals surface area contributed by atoms with Gasteiger partial charge in [0.1, 0.15) is 30.2 Å². The van der Waals surface area contributed by atoms with Crippen LogP contribution in [0.2, 0.25) is 0 Å². The van der Waals surface area contributed by atoms with E-state index in [0.29, 0.717) is 36.2 Å². The fourth-order valence-electron chi connectivity index (χ4n) is 4.03. The topological polar surface area (TPSA) is 124 Å². The first-order valence-corrected chi connectivity index (χ1v) is 12.7. The zero-order chi connectivity index (χ0) is 25.7. The minimum Gasteiger partial charge on any atom is -0.486 e. The molecule has 0 amide bonds. The lowest BCUT2D eigenvalue weighted by molar-refractivity contribution is 0.289. The third kappa shape index (κ3) is 5.84. The summed E-state index contributed by atoms with van der Waals surface area (Å²) in [5.41, 5.74) is 7.13. The fourth-order valence-corrected chi connectivity index (χ4v) is 4.45. The largest absolute Gasteiger partial charge is 0.486 e. The lowest BCUT2D eigenvalue weighted by Gasteiger charge is -2.12. The molecular weight excluding hydrogens is 536 g/mol. The fraction of sp³-hybridized carbons (Fsp3) is 0.148. The SMILES string of the molecule is CCc1cc(OCc2ccc(-c3ccccc3-c3nn[nH]n3)cc2)c2nc(OCc3cnsn3)ccc2n1.Cl. The van der Waals surface area contributed by atoms with Gasteiger partial charge in [-0.15, -0.1) is 22.6 Å². The number of hydrogen-bond acceptors (Lipinski definition) is 10. The number of aromatic nitrogens is 8. The zero-order valence-corrected chi connectivity index (χ0v) is 22.4. The van der Waals surface area contributed by atoms with Crippen molar-refractivity contribution in [1.82, 2.24) is 39.3 Å². The Hall–Kier alpha value is -4.48. The number of aryl methyl sites for hydroxylation is 1. The van der Waals surface area contributed by atoms with Crippen molar-refractivity contribution in [3.8, 4) is 34.1 Å². The number of aromatic amines is 1. The highest BCUT2D eigenvalue weighted by Gasteiger charge is 2.13. The van der Waals surface area contributed by atoms with Gasteiger partial charge >= 0.3 is 0 Å². The summed E-state index contributed by atoms with van der Waals surface area (Å²) in [5, 5.41) is 14.5. The van der Waals surface area contributed by atoms with E-state index in [1.54, 1.807) is 6.20 Å². The third-order valence-corrected chi connectivity index (χ3v) is 6.47. The maximum Gasteiger partial charge on any atom is 0.214 e. The van der Waals surface area contributed by atoms with Gasteiger partial charge in [0.15, 0.2) is 0 Å². The first-order chi connectivity index (χ1) is 18.8. The molecule has 10 nitrogen and oxygen atoms in total. The van der Waals surface area contributed by atoms with Gasteiger partial charge in [-0.2, -0.15) is 14.0 Å². The van der Waals surface area contributed by atoms with Crippen molar-refractivity contribution in [2.24, 2.45) is 0 Å². The van der Waals surface area contributed by atoms with Gasteiger partial charge < -0.3 is 9.47 Å². The van der Waals surface area contributed by atoms with Crippen LogP contribution in [0.1, 0.15) is 23.9 Å². The number of H-pyrrole nitrogens is 1. The summed E-state index contributed by atoms with van der Waals surface area (Å²) in [6, 6.07) is 21.9. The highest BCUT2D eigenvalue weighted by Crippen LogP contribution is 2.31. The Balaban J connectivity index is 0.00000308. The lowest BCUT2D eigenvalue weighted by Crippen LogP contribution is -2.02. The molecule has 0 aliphatic carbocycles. The molecule has 6 aromatic rings. The number of nitrogens with zero attached hydrogens (tertiary/aromatic N) is 7. The van der Waals surface area contributed by atoms with E-state index in [1.807, 2.05) is 42.5 Å². The molecule has 2 aromatic carbocycles. The van der Waals surface area contributed by atoms with Crippen LogP contribution in [0.15, 0.2) is 72.9 Å². The molecule has 0 spiro atoms. The summed E-state index contributed by atoms with van der Waals surface area (Å²) in [6.07, 6.45) is 2.47. The van der Waals surface area contributed by atoms with Crippen LogP contribution < -0.4 is 9.47 Å². The molecule has 4 aromatic heterocycles. The normalized spacial score (nSPS) is 10.8. The molecule has 39 heavy (non-hydrogen) atoms. The number of nitrogens with one attached hydrogen (secondary N) is 1. The molecule has 0 atom stereocenters. The molecule has 12 heteroatoms. The van der Waals surface area contributed by atoms with Gasteiger partial charge in [0.25, 0.3) is 0 Å². The molecule has 0 unspecified atom stereocenters. The molecule has 0 saturated carbocycles. The average Bonchev–Trinajstić information content (AvgIpc) is 3.70. The maximum absolute atomic E-state index is 6.27. The second-order valence-corrected chi connectivity index (χ2v) is 8.99. The van der Waals surface area contributed by atoms with Crippen molar-refractivity contribution in [3.05, 3.63) is 89.9 Å². The maximum atomic E-state index is 6.27. The molecule has 1 N–H and O–H groups in total. The number of fused-ring (bicyclic) bond motifs is 1. The minimum atomic E-state index is 0. The number of ether oxygens (including phenoxy) is 2. The summed E-state index contributed by atoms with van der Waals surface area (Å²) < 4.78 is 20.3. The van der Waals surface area contributed by atoms with Crippen molar-refractivity contribution in [2.45, 2.75) is 26.6 Å². The molecule has 0 radical (unpaired) electrons. The molecule has 0 saturated heterocycles. The van der Waals surface area contributed by atoms with Crippen LogP contribution in [0.4, 0.5) is 0 Å². The van der Waals surface area contributed by atoms with Gasteiger partial charge in [0, 0.05) is 23.4 Å². The first-order valence-electron chi connectivity index (χ1n) is 12.0. The van der Waals surface area contributed by atoms with E-state index in [2.05, 4.69) is 65.5 Å². The summed E-state index contributed by atoms with van der Waals surface area (Å²) in [4.78, 5) is 9.38. The number of tetrazole rings is 1. The molecule has 0 bridgehead atoms. The van der Waals surface area contributed by atoms with Crippen molar-refractivity contribution in [1.29, 1.82) is 0 Å². The molecular formula is C27H23ClN8O2S. The Kier molecular flexibility index (Phi) is 7.99. The standard InChI is InChI=1S/C27H22N8O2S.ClH/c1-2-19-13-24(26-23(29-19)11-12-25(30-26)37-16-20-14-28-38-33-20)36-15-17-7-9-18(10-8-17)21-5-3-4-6-22(21)27-31-34-35-32-27;/h3-14H,2,15-16H2,1H3,(H,31,32,34,35);1H. The molecule has 6 rings (SSSR count). The molecule has 0 aliphatic rings. The van der Waals surface area contributed by atoms with Crippen LogP contribution in [0.25, 0.3) is 33.5 Å². The molecule has 196 valence electrons. The Morgan fingerprint density at radius 2 is 1.72 bits per heavy atom. The average molecular weight is 559 g/mol. The van der Waals surface area contributed by atoms with Crippen LogP contribution in [-0.2, 0) is 19.6 Å². The van der Waals surface area contributed by atoms with Crippen LogP contribution in [0.5, 0.6) is 11.6 Å². The molecule has 4 heterocycles. The van der Waals surface area contributed by atoms with Gasteiger partial charge in [-0.05, 0) is 34.4 Å². The van der Waals surface area contributed by atoms with E-state index < -0.39 is 0 Å². The van der Waals surface area contributed by atoms with Gasteiger partial charge in [0.2, 0.25) is 11.7 Å². The monoisotopic (exact) mass is 558 g/mol. The highest BCUT2D eigenvalue weighted by atomic mass is 35.5. The summed E-state index contributed by atoms with van der Waals surface area (Å²) >= 11 is 1.15. The number of benzene rings is 2. The van der Waals surface area contributed by atoms with Crippen LogP contribution in [0, 0.1) is 0 Å². The Bertz CT molecular complexity index is 1660. The second-order valence-electron chi connectivity index (χ2n) is 8.44. The van der Waals surface area contributed by atoms with E-state index in [0.717, 1.165) is 57.3 Å². The van der Waals surface area contributed by atoms with Crippen molar-refractivity contribution >= 4 is 35.2 Å². The Morgan fingerprint density at radius 1 is 0.872 bits per heavy atom. The van der Waals surface area contributed by atoms with E-state index >= 15 is 0 Å². The van der Waals surface area contributed by atoms with E-state index in [-0.39, 0.29) is 12.4 Å². The Labute approximate surface area is 234 Å². The van der Waals surface area contributed by atoms with Crippen LogP contribution in [0.3, 0.4) is 0 Å². The minimum absolute atomic E-state index is 0.